The maximum atomic E-state index is 12.5. The molecule has 0 bridgehead atoms. The number of likely N-dealkylation sites (tertiary alicyclic amines) is 1. The van der Waals surface area contributed by atoms with Crippen LogP contribution in [0.1, 0.15) is 24.1 Å². The van der Waals surface area contributed by atoms with E-state index in [0.29, 0.717) is 39.1 Å². The number of benzene rings is 1. The van der Waals surface area contributed by atoms with Crippen LogP contribution in [0.25, 0.3) is 10.9 Å². The summed E-state index contributed by atoms with van der Waals surface area (Å²) in [5.74, 6) is -0.0255. The summed E-state index contributed by atoms with van der Waals surface area (Å²) in [6, 6.07) is 8.25. The van der Waals surface area contributed by atoms with Crippen LogP contribution in [0.4, 0.5) is 0 Å². The van der Waals surface area contributed by atoms with Crippen molar-refractivity contribution in [2.45, 2.75) is 26.3 Å². The monoisotopic (exact) mass is 343 g/mol. The average Bonchev–Trinajstić information content (AvgIpc) is 2.98. The molecule has 1 aromatic heterocycles. The SMILES string of the molecule is COCCN1CC(C(=O)NCc2ccc3[nH]c(C)cc3c2)CCC1=O. The highest BCUT2D eigenvalue weighted by Gasteiger charge is 2.29. The molecule has 1 saturated heterocycles. The zero-order valence-corrected chi connectivity index (χ0v) is 14.8. The Kier molecular flexibility index (Phi) is 5.38. The van der Waals surface area contributed by atoms with Gasteiger partial charge in [-0.05, 0) is 42.5 Å². The van der Waals surface area contributed by atoms with Gasteiger partial charge in [-0.25, -0.2) is 0 Å². The normalized spacial score (nSPS) is 17.9. The van der Waals surface area contributed by atoms with Crippen LogP contribution < -0.4 is 5.32 Å². The molecule has 1 aliphatic heterocycles. The number of hydrogen-bond acceptors (Lipinski definition) is 3. The van der Waals surface area contributed by atoms with Crippen molar-refractivity contribution in [3.05, 3.63) is 35.5 Å². The third-order valence-electron chi connectivity index (χ3n) is 4.72. The Morgan fingerprint density at radius 2 is 2.24 bits per heavy atom. The van der Waals surface area contributed by atoms with Gasteiger partial charge in [0.1, 0.15) is 0 Å². The molecule has 1 aliphatic rings. The summed E-state index contributed by atoms with van der Waals surface area (Å²) >= 11 is 0. The van der Waals surface area contributed by atoms with Crippen molar-refractivity contribution in [1.29, 1.82) is 0 Å². The van der Waals surface area contributed by atoms with E-state index < -0.39 is 0 Å². The topological polar surface area (TPSA) is 74.4 Å². The van der Waals surface area contributed by atoms with Gasteiger partial charge in [0.15, 0.2) is 0 Å². The molecule has 0 saturated carbocycles. The summed E-state index contributed by atoms with van der Waals surface area (Å²) < 4.78 is 5.03. The Bertz CT molecular complexity index is 768. The van der Waals surface area contributed by atoms with Crippen molar-refractivity contribution in [1.82, 2.24) is 15.2 Å². The Labute approximate surface area is 147 Å². The minimum absolute atomic E-state index is 0.0141. The lowest BCUT2D eigenvalue weighted by molar-refractivity contribution is -0.138. The lowest BCUT2D eigenvalue weighted by atomic mass is 9.96. The summed E-state index contributed by atoms with van der Waals surface area (Å²) in [6.07, 6.45) is 1.04. The predicted molar refractivity (Wildman–Crippen MR) is 96.1 cm³/mol. The molecule has 25 heavy (non-hydrogen) atoms. The van der Waals surface area contributed by atoms with Crippen LogP contribution in [0.15, 0.2) is 24.3 Å². The van der Waals surface area contributed by atoms with Gasteiger partial charge in [0, 0.05) is 44.4 Å². The number of rotatable bonds is 6. The number of hydrogen-bond donors (Lipinski definition) is 2. The highest BCUT2D eigenvalue weighted by molar-refractivity contribution is 5.84. The molecular formula is C19H25N3O3. The van der Waals surface area contributed by atoms with Crippen molar-refractivity contribution < 1.29 is 14.3 Å². The van der Waals surface area contributed by atoms with Gasteiger partial charge in [0.05, 0.1) is 12.5 Å². The molecule has 6 nitrogen and oxygen atoms in total. The summed E-state index contributed by atoms with van der Waals surface area (Å²) in [4.78, 5) is 29.4. The number of nitrogens with zero attached hydrogens (tertiary/aromatic N) is 1. The first-order valence-corrected chi connectivity index (χ1v) is 8.69. The van der Waals surface area contributed by atoms with Crippen LogP contribution in [0.5, 0.6) is 0 Å². The number of ether oxygens (including phenoxy) is 1. The van der Waals surface area contributed by atoms with E-state index in [1.54, 1.807) is 12.0 Å². The number of nitrogens with one attached hydrogen (secondary N) is 2. The highest BCUT2D eigenvalue weighted by atomic mass is 16.5. The van der Waals surface area contributed by atoms with Crippen LogP contribution in [0, 0.1) is 12.8 Å². The molecule has 6 heteroatoms. The molecule has 2 amide bonds. The zero-order chi connectivity index (χ0) is 17.8. The van der Waals surface area contributed by atoms with Gasteiger partial charge in [-0.2, -0.15) is 0 Å². The van der Waals surface area contributed by atoms with E-state index in [-0.39, 0.29) is 17.7 Å². The Balaban J connectivity index is 1.56. The number of amides is 2. The molecule has 1 atom stereocenters. The van der Waals surface area contributed by atoms with E-state index in [4.69, 9.17) is 4.74 Å². The fraction of sp³-hybridized carbons (Fsp3) is 0.474. The number of H-pyrrole nitrogens is 1. The molecule has 1 fully saturated rings. The molecule has 134 valence electrons. The lowest BCUT2D eigenvalue weighted by Crippen LogP contribution is -2.46. The molecule has 2 N–H and O–H groups in total. The summed E-state index contributed by atoms with van der Waals surface area (Å²) in [6.45, 7) is 4.05. The molecule has 0 aliphatic carbocycles. The minimum Gasteiger partial charge on any atom is -0.383 e. The molecule has 0 spiro atoms. The number of methoxy groups -OCH3 is 1. The molecule has 3 rings (SSSR count). The number of carbonyl (C=O) groups is 2. The summed E-state index contributed by atoms with van der Waals surface area (Å²) in [7, 11) is 1.61. The summed E-state index contributed by atoms with van der Waals surface area (Å²) in [5.41, 5.74) is 3.30. The third-order valence-corrected chi connectivity index (χ3v) is 4.72. The lowest BCUT2D eigenvalue weighted by Gasteiger charge is -2.31. The van der Waals surface area contributed by atoms with Crippen molar-refractivity contribution in [2.75, 3.05) is 26.8 Å². The zero-order valence-electron chi connectivity index (χ0n) is 14.8. The number of carbonyl (C=O) groups excluding carboxylic acids is 2. The molecular weight excluding hydrogens is 318 g/mol. The summed E-state index contributed by atoms with van der Waals surface area (Å²) in [5, 5.41) is 4.16. The van der Waals surface area contributed by atoms with Crippen molar-refractivity contribution in [3.63, 3.8) is 0 Å². The van der Waals surface area contributed by atoms with E-state index in [9.17, 15) is 9.59 Å². The first-order chi connectivity index (χ1) is 12.1. The maximum absolute atomic E-state index is 12.5. The van der Waals surface area contributed by atoms with Gasteiger partial charge in [0.2, 0.25) is 11.8 Å². The van der Waals surface area contributed by atoms with Gasteiger partial charge < -0.3 is 19.9 Å². The smallest absolute Gasteiger partial charge is 0.225 e. The van der Waals surface area contributed by atoms with E-state index in [0.717, 1.165) is 22.2 Å². The van der Waals surface area contributed by atoms with Crippen molar-refractivity contribution >= 4 is 22.7 Å². The van der Waals surface area contributed by atoms with E-state index in [1.807, 2.05) is 19.1 Å². The Hall–Kier alpha value is -2.34. The van der Waals surface area contributed by atoms with Crippen LogP contribution in [0.2, 0.25) is 0 Å². The highest BCUT2D eigenvalue weighted by Crippen LogP contribution is 2.19. The second-order valence-electron chi connectivity index (χ2n) is 6.66. The first kappa shape index (κ1) is 17.5. The fourth-order valence-corrected chi connectivity index (χ4v) is 3.32. The number of aromatic amines is 1. The number of piperidine rings is 1. The fourth-order valence-electron chi connectivity index (χ4n) is 3.32. The van der Waals surface area contributed by atoms with E-state index >= 15 is 0 Å². The maximum Gasteiger partial charge on any atom is 0.225 e. The van der Waals surface area contributed by atoms with E-state index in [2.05, 4.69) is 22.4 Å². The molecule has 1 unspecified atom stereocenters. The van der Waals surface area contributed by atoms with Crippen LogP contribution in [0.3, 0.4) is 0 Å². The van der Waals surface area contributed by atoms with Gasteiger partial charge in [-0.3, -0.25) is 9.59 Å². The van der Waals surface area contributed by atoms with Crippen molar-refractivity contribution in [3.8, 4) is 0 Å². The van der Waals surface area contributed by atoms with Gasteiger partial charge in [-0.1, -0.05) is 6.07 Å². The second-order valence-corrected chi connectivity index (χ2v) is 6.66. The standard InChI is InChI=1S/C19H25N3O3/c1-13-9-16-10-14(3-5-17(16)21-13)11-20-19(24)15-4-6-18(23)22(12-15)7-8-25-2/h3,5,9-10,15,21H,4,6-8,11-12H2,1-2H3,(H,20,24). The van der Waals surface area contributed by atoms with Crippen molar-refractivity contribution in [2.24, 2.45) is 5.92 Å². The van der Waals surface area contributed by atoms with E-state index in [1.165, 1.54) is 0 Å². The Morgan fingerprint density at radius 3 is 3.04 bits per heavy atom. The van der Waals surface area contributed by atoms with Crippen LogP contribution >= 0.6 is 0 Å². The number of aryl methyl sites for hydroxylation is 1. The molecule has 2 aromatic rings. The molecule has 0 radical (unpaired) electrons. The van der Waals surface area contributed by atoms with Crippen LogP contribution in [-0.2, 0) is 20.9 Å². The molecule has 2 heterocycles. The first-order valence-electron chi connectivity index (χ1n) is 8.69. The Morgan fingerprint density at radius 1 is 1.40 bits per heavy atom. The third kappa shape index (κ3) is 4.20. The minimum atomic E-state index is -0.146. The van der Waals surface area contributed by atoms with Gasteiger partial charge in [-0.15, -0.1) is 0 Å². The number of fused-ring (bicyclic) bond motifs is 1. The number of aromatic nitrogens is 1. The quantitative estimate of drug-likeness (QED) is 0.842. The molecule has 1 aromatic carbocycles. The average molecular weight is 343 g/mol. The largest absolute Gasteiger partial charge is 0.383 e. The van der Waals surface area contributed by atoms with Gasteiger partial charge in [0.25, 0.3) is 0 Å². The predicted octanol–water partition coefficient (Wildman–Crippen LogP) is 1.98. The second kappa shape index (κ2) is 7.70. The van der Waals surface area contributed by atoms with Gasteiger partial charge >= 0.3 is 0 Å². The van der Waals surface area contributed by atoms with Crippen LogP contribution in [-0.4, -0.2) is 48.5 Å².